The first-order valence-electron chi connectivity index (χ1n) is 7.50. The van der Waals surface area contributed by atoms with Crippen LogP contribution in [0.25, 0.3) is 22.0 Å². The van der Waals surface area contributed by atoms with E-state index in [4.69, 9.17) is 4.74 Å². The average Bonchev–Trinajstić information content (AvgIpc) is 2.56. The van der Waals surface area contributed by atoms with Crippen molar-refractivity contribution in [3.63, 3.8) is 0 Å². The molecule has 3 aromatic rings. The van der Waals surface area contributed by atoms with E-state index < -0.39 is 5.97 Å². The molecule has 4 nitrogen and oxygen atoms in total. The third-order valence-corrected chi connectivity index (χ3v) is 3.83. The van der Waals surface area contributed by atoms with Gasteiger partial charge in [-0.25, -0.2) is 4.79 Å². The van der Waals surface area contributed by atoms with Gasteiger partial charge in [-0.1, -0.05) is 30.3 Å². The number of esters is 1. The van der Waals surface area contributed by atoms with Gasteiger partial charge in [0.25, 0.3) is 0 Å². The monoisotopic (exact) mass is 307 g/mol. The van der Waals surface area contributed by atoms with Crippen LogP contribution in [0.1, 0.15) is 22.8 Å². The molecule has 0 saturated heterocycles. The van der Waals surface area contributed by atoms with Gasteiger partial charge in [0, 0.05) is 17.1 Å². The summed E-state index contributed by atoms with van der Waals surface area (Å²) in [6.45, 7) is 3.97. The van der Waals surface area contributed by atoms with Crippen molar-refractivity contribution in [1.29, 1.82) is 0 Å². The Labute approximate surface area is 133 Å². The van der Waals surface area contributed by atoms with E-state index in [9.17, 15) is 9.59 Å². The van der Waals surface area contributed by atoms with E-state index in [0.29, 0.717) is 10.9 Å². The quantitative estimate of drug-likeness (QED) is 0.751. The number of pyridine rings is 1. The average molecular weight is 307 g/mol. The molecule has 1 N–H and O–H groups in total. The summed E-state index contributed by atoms with van der Waals surface area (Å²) in [6, 6.07) is 13.6. The van der Waals surface area contributed by atoms with Gasteiger partial charge in [0.15, 0.2) is 0 Å². The lowest BCUT2D eigenvalue weighted by atomic mass is 9.98. The molecule has 23 heavy (non-hydrogen) atoms. The van der Waals surface area contributed by atoms with E-state index in [1.54, 1.807) is 6.92 Å². The van der Waals surface area contributed by atoms with Gasteiger partial charge in [-0.2, -0.15) is 0 Å². The molecule has 0 unspecified atom stereocenters. The van der Waals surface area contributed by atoms with Crippen LogP contribution in [0, 0.1) is 6.92 Å². The molecule has 0 saturated carbocycles. The smallest absolute Gasteiger partial charge is 0.343 e. The fourth-order valence-corrected chi connectivity index (χ4v) is 2.64. The van der Waals surface area contributed by atoms with Gasteiger partial charge in [0.1, 0.15) is 5.56 Å². The topological polar surface area (TPSA) is 59.2 Å². The molecule has 3 rings (SSSR count). The molecule has 2 aromatic carbocycles. The van der Waals surface area contributed by atoms with Crippen LogP contribution in [-0.4, -0.2) is 17.6 Å². The maximum Gasteiger partial charge on any atom is 0.343 e. The van der Waals surface area contributed by atoms with Gasteiger partial charge in [-0.05, 0) is 42.7 Å². The fourth-order valence-electron chi connectivity index (χ4n) is 2.64. The number of aryl methyl sites for hydroxylation is 1. The van der Waals surface area contributed by atoms with E-state index in [-0.39, 0.29) is 17.6 Å². The van der Waals surface area contributed by atoms with Gasteiger partial charge in [-0.3, -0.25) is 4.79 Å². The van der Waals surface area contributed by atoms with E-state index in [2.05, 4.69) is 4.98 Å². The Kier molecular flexibility index (Phi) is 3.98. The Balaban J connectivity index is 2.19. The van der Waals surface area contributed by atoms with E-state index >= 15 is 0 Å². The molecule has 0 aliphatic rings. The molecule has 1 heterocycles. The standard InChI is InChI=1S/C19H17NO3/c1-3-23-19(22)16-11-20-17-9-8-13(10-15(17)18(16)21)14-7-5-4-6-12(14)2/h4-11H,3H2,1-2H3,(H,20,21). The normalized spacial score (nSPS) is 10.7. The first-order valence-corrected chi connectivity index (χ1v) is 7.50. The predicted molar refractivity (Wildman–Crippen MR) is 90.7 cm³/mol. The van der Waals surface area contributed by atoms with Crippen LogP contribution < -0.4 is 5.43 Å². The van der Waals surface area contributed by atoms with Crippen molar-refractivity contribution < 1.29 is 9.53 Å². The summed E-state index contributed by atoms with van der Waals surface area (Å²) in [5.74, 6) is -0.600. The number of nitrogens with one attached hydrogen (secondary N) is 1. The van der Waals surface area contributed by atoms with Crippen molar-refractivity contribution in [1.82, 2.24) is 4.98 Å². The Morgan fingerprint density at radius 2 is 1.96 bits per heavy atom. The number of ether oxygens (including phenoxy) is 1. The number of carbonyl (C=O) groups excluding carboxylic acids is 1. The second-order valence-corrected chi connectivity index (χ2v) is 5.33. The van der Waals surface area contributed by atoms with Gasteiger partial charge in [0.05, 0.1) is 6.61 Å². The maximum absolute atomic E-state index is 12.6. The highest BCUT2D eigenvalue weighted by molar-refractivity contribution is 5.94. The number of fused-ring (bicyclic) bond motifs is 1. The first-order chi connectivity index (χ1) is 11.1. The zero-order valence-corrected chi connectivity index (χ0v) is 13.1. The highest BCUT2D eigenvalue weighted by atomic mass is 16.5. The minimum Gasteiger partial charge on any atom is -0.462 e. The SMILES string of the molecule is CCOC(=O)c1c[nH]c2ccc(-c3ccccc3C)cc2c1=O. The second-order valence-electron chi connectivity index (χ2n) is 5.33. The molecule has 0 spiro atoms. The van der Waals surface area contributed by atoms with E-state index in [1.807, 2.05) is 49.4 Å². The van der Waals surface area contributed by atoms with Crippen molar-refractivity contribution in [2.24, 2.45) is 0 Å². The third-order valence-electron chi connectivity index (χ3n) is 3.83. The highest BCUT2D eigenvalue weighted by Gasteiger charge is 2.14. The molecule has 0 atom stereocenters. The largest absolute Gasteiger partial charge is 0.462 e. The van der Waals surface area contributed by atoms with Crippen LogP contribution in [-0.2, 0) is 4.74 Å². The van der Waals surface area contributed by atoms with Crippen molar-refractivity contribution in [3.05, 3.63) is 70.0 Å². The molecule has 0 aliphatic heterocycles. The summed E-state index contributed by atoms with van der Waals surface area (Å²) in [7, 11) is 0. The first kappa shape index (κ1) is 15.0. The summed E-state index contributed by atoms with van der Waals surface area (Å²) in [4.78, 5) is 27.5. The van der Waals surface area contributed by atoms with E-state index in [0.717, 1.165) is 16.7 Å². The van der Waals surface area contributed by atoms with Crippen LogP contribution in [0.2, 0.25) is 0 Å². The highest BCUT2D eigenvalue weighted by Crippen LogP contribution is 2.25. The minimum atomic E-state index is -0.600. The van der Waals surface area contributed by atoms with E-state index in [1.165, 1.54) is 6.20 Å². The molecule has 0 radical (unpaired) electrons. The van der Waals surface area contributed by atoms with Gasteiger partial charge in [0.2, 0.25) is 5.43 Å². The number of carbonyl (C=O) groups is 1. The summed E-state index contributed by atoms with van der Waals surface area (Å²) >= 11 is 0. The molecule has 0 amide bonds. The Morgan fingerprint density at radius 1 is 1.17 bits per heavy atom. The van der Waals surface area contributed by atoms with Crippen LogP contribution in [0.3, 0.4) is 0 Å². The molecule has 0 fully saturated rings. The number of H-pyrrole nitrogens is 1. The van der Waals surface area contributed by atoms with Crippen molar-refractivity contribution in [3.8, 4) is 11.1 Å². The molecule has 0 aliphatic carbocycles. The zero-order valence-electron chi connectivity index (χ0n) is 13.1. The lowest BCUT2D eigenvalue weighted by molar-refractivity contribution is 0.0524. The summed E-state index contributed by atoms with van der Waals surface area (Å²) in [6.07, 6.45) is 1.41. The van der Waals surface area contributed by atoms with Crippen LogP contribution in [0.5, 0.6) is 0 Å². The zero-order chi connectivity index (χ0) is 16.4. The predicted octanol–water partition coefficient (Wildman–Crippen LogP) is 3.68. The summed E-state index contributed by atoms with van der Waals surface area (Å²) in [5.41, 5.74) is 3.55. The summed E-state index contributed by atoms with van der Waals surface area (Å²) in [5, 5.41) is 0.483. The number of aromatic nitrogens is 1. The molecule has 1 aromatic heterocycles. The summed E-state index contributed by atoms with van der Waals surface area (Å²) < 4.78 is 4.93. The number of aromatic amines is 1. The number of rotatable bonds is 3. The Bertz CT molecular complexity index is 941. The Hall–Kier alpha value is -2.88. The number of hydrogen-bond acceptors (Lipinski definition) is 3. The van der Waals surface area contributed by atoms with Gasteiger partial charge in [-0.15, -0.1) is 0 Å². The number of benzene rings is 2. The van der Waals surface area contributed by atoms with Crippen molar-refractivity contribution >= 4 is 16.9 Å². The molecule has 4 heteroatoms. The van der Waals surface area contributed by atoms with Crippen molar-refractivity contribution in [2.45, 2.75) is 13.8 Å². The molecule has 0 bridgehead atoms. The van der Waals surface area contributed by atoms with Gasteiger partial charge < -0.3 is 9.72 Å². The van der Waals surface area contributed by atoms with Gasteiger partial charge >= 0.3 is 5.97 Å². The van der Waals surface area contributed by atoms with Crippen LogP contribution in [0.15, 0.2) is 53.5 Å². The molecule has 116 valence electrons. The van der Waals surface area contributed by atoms with Crippen LogP contribution in [0.4, 0.5) is 0 Å². The minimum absolute atomic E-state index is 0.0290. The number of hydrogen-bond donors (Lipinski definition) is 1. The molecular formula is C19H17NO3. The fraction of sp³-hybridized carbons (Fsp3) is 0.158. The Morgan fingerprint density at radius 3 is 2.70 bits per heavy atom. The lowest BCUT2D eigenvalue weighted by Gasteiger charge is -2.08. The molecular weight excluding hydrogens is 290 g/mol. The third kappa shape index (κ3) is 2.75. The van der Waals surface area contributed by atoms with Crippen molar-refractivity contribution in [2.75, 3.05) is 6.61 Å². The van der Waals surface area contributed by atoms with Crippen LogP contribution >= 0.6 is 0 Å². The maximum atomic E-state index is 12.6. The second kappa shape index (κ2) is 6.08. The lowest BCUT2D eigenvalue weighted by Crippen LogP contribution is -2.18.